The number of benzene rings is 1. The van der Waals surface area contributed by atoms with Gasteiger partial charge in [-0.2, -0.15) is 0 Å². The summed E-state index contributed by atoms with van der Waals surface area (Å²) in [6.07, 6.45) is 6.00. The van der Waals surface area contributed by atoms with E-state index in [1.54, 1.807) is 6.07 Å². The maximum atomic E-state index is 12.4. The molecule has 30 heavy (non-hydrogen) atoms. The van der Waals surface area contributed by atoms with Crippen molar-refractivity contribution in [1.29, 1.82) is 0 Å². The Morgan fingerprint density at radius 1 is 1.20 bits per heavy atom. The molecule has 5 atom stereocenters. The molecule has 1 aliphatic heterocycles. The van der Waals surface area contributed by atoms with Crippen LogP contribution in [-0.2, 0) is 16.6 Å². The summed E-state index contributed by atoms with van der Waals surface area (Å²) in [6.45, 7) is 1.93. The number of nitrogens with zero attached hydrogens (tertiary/aromatic N) is 1. The molecule has 0 radical (unpaired) electrons. The first kappa shape index (κ1) is 19.1. The topological polar surface area (TPSA) is 93.0 Å². The second kappa shape index (κ2) is 6.44. The van der Waals surface area contributed by atoms with Gasteiger partial charge >= 0.3 is 0 Å². The Morgan fingerprint density at radius 2 is 2.00 bits per heavy atom. The van der Waals surface area contributed by atoms with Crippen LogP contribution in [0.2, 0.25) is 0 Å². The number of aliphatic hydroxyl groups is 2. The highest BCUT2D eigenvalue weighted by atomic mass is 16.3. The summed E-state index contributed by atoms with van der Waals surface area (Å²) < 4.78 is 0. The number of aliphatic hydroxyl groups excluding tert-OH is 1. The number of carbonyl (C=O) groups excluding carboxylic acids is 1. The van der Waals surface area contributed by atoms with E-state index in [0.717, 1.165) is 50.3 Å². The Kier molecular flexibility index (Phi) is 4.10. The number of phenols is 1. The van der Waals surface area contributed by atoms with Gasteiger partial charge in [-0.05, 0) is 80.7 Å². The van der Waals surface area contributed by atoms with Gasteiger partial charge in [0.25, 0.3) is 0 Å². The third kappa shape index (κ3) is 2.76. The fourth-order valence-corrected chi connectivity index (χ4v) is 6.72. The van der Waals surface area contributed by atoms with Gasteiger partial charge in [0.05, 0.1) is 17.7 Å². The molecule has 0 unspecified atom stereocenters. The molecule has 1 aromatic carbocycles. The second-order valence-corrected chi connectivity index (χ2v) is 10.6. The van der Waals surface area contributed by atoms with Crippen LogP contribution in [0.3, 0.4) is 0 Å². The van der Waals surface area contributed by atoms with Crippen molar-refractivity contribution in [3.8, 4) is 5.75 Å². The number of rotatable bonds is 4. The van der Waals surface area contributed by atoms with E-state index in [0.29, 0.717) is 12.8 Å². The minimum absolute atomic E-state index is 0.0169. The molecule has 5 aliphatic rings. The molecule has 6 nitrogen and oxygen atoms in total. The predicted octanol–water partition coefficient (Wildman–Crippen LogP) is 1.45. The van der Waals surface area contributed by atoms with E-state index >= 15 is 0 Å². The smallest absolute Gasteiger partial charge is 0.223 e. The molecular weight excluding hydrogens is 380 g/mol. The predicted molar refractivity (Wildman–Crippen MR) is 111 cm³/mol. The van der Waals surface area contributed by atoms with Gasteiger partial charge in [0, 0.05) is 30.3 Å². The van der Waals surface area contributed by atoms with E-state index < -0.39 is 23.2 Å². The lowest BCUT2D eigenvalue weighted by molar-refractivity contribution is -0.190. The third-order valence-electron chi connectivity index (χ3n) is 8.69. The number of nitrogens with one attached hydrogen (secondary N) is 1. The minimum Gasteiger partial charge on any atom is -0.508 e. The summed E-state index contributed by atoms with van der Waals surface area (Å²) in [5.74, 6) is 1.05. The maximum absolute atomic E-state index is 12.4. The number of hydrogen-bond acceptors (Lipinski definition) is 5. The highest BCUT2D eigenvalue weighted by molar-refractivity contribution is 5.81. The van der Waals surface area contributed by atoms with Crippen molar-refractivity contribution in [1.82, 2.24) is 10.2 Å². The standard InChI is InChI=1S/C24H32N2O4/c27-17-6-5-16-9-21-24(30)11-19(25-22(29)15-3-4-15)20(28)12-23(24,18(16)10-17)7-8-26(21)13-14-1-2-14/h5-6,10,14-15,19-21,27-28,30H,1-4,7-9,11-13H2,(H,25,29)/t19-,20+,21+,23+,24+/m0/s1. The normalized spacial score (nSPS) is 40.4. The van der Waals surface area contributed by atoms with Crippen LogP contribution in [0.15, 0.2) is 18.2 Å². The van der Waals surface area contributed by atoms with Crippen LogP contribution in [0, 0.1) is 11.8 Å². The van der Waals surface area contributed by atoms with Gasteiger partial charge in [-0.3, -0.25) is 9.69 Å². The van der Waals surface area contributed by atoms with Gasteiger partial charge in [-0.25, -0.2) is 0 Å². The fraction of sp³-hybridized carbons (Fsp3) is 0.708. The number of amides is 1. The highest BCUT2D eigenvalue weighted by Gasteiger charge is 2.66. The van der Waals surface area contributed by atoms with Crippen molar-refractivity contribution in [2.24, 2.45) is 11.8 Å². The molecule has 2 bridgehead atoms. The molecule has 6 rings (SSSR count). The van der Waals surface area contributed by atoms with Crippen LogP contribution in [0.25, 0.3) is 0 Å². The molecule has 6 heteroatoms. The number of fused-ring (bicyclic) bond motifs is 1. The lowest BCUT2D eigenvalue weighted by Crippen LogP contribution is -2.76. The molecule has 4 fully saturated rings. The van der Waals surface area contributed by atoms with Crippen LogP contribution >= 0.6 is 0 Å². The van der Waals surface area contributed by atoms with Crippen LogP contribution in [0.4, 0.5) is 0 Å². The van der Waals surface area contributed by atoms with Crippen LogP contribution in [0.5, 0.6) is 5.75 Å². The fourth-order valence-electron chi connectivity index (χ4n) is 6.72. The maximum Gasteiger partial charge on any atom is 0.223 e. The Morgan fingerprint density at radius 3 is 2.73 bits per heavy atom. The van der Waals surface area contributed by atoms with Crippen molar-refractivity contribution in [3.63, 3.8) is 0 Å². The minimum atomic E-state index is -1.03. The Balaban J connectivity index is 1.40. The van der Waals surface area contributed by atoms with Crippen LogP contribution in [-0.4, -0.2) is 63.0 Å². The van der Waals surface area contributed by atoms with Gasteiger partial charge < -0.3 is 20.6 Å². The summed E-state index contributed by atoms with van der Waals surface area (Å²) in [6, 6.07) is 5.10. The molecule has 4 aliphatic carbocycles. The van der Waals surface area contributed by atoms with E-state index in [4.69, 9.17) is 0 Å². The van der Waals surface area contributed by atoms with E-state index in [1.807, 2.05) is 12.1 Å². The van der Waals surface area contributed by atoms with Crippen molar-refractivity contribution in [2.75, 3.05) is 13.1 Å². The van der Waals surface area contributed by atoms with Crippen molar-refractivity contribution < 1.29 is 20.1 Å². The molecular formula is C24H32N2O4. The zero-order valence-corrected chi connectivity index (χ0v) is 17.4. The monoisotopic (exact) mass is 412 g/mol. The number of carbonyl (C=O) groups is 1. The second-order valence-electron chi connectivity index (χ2n) is 10.6. The molecule has 3 saturated carbocycles. The van der Waals surface area contributed by atoms with Crippen molar-refractivity contribution >= 4 is 5.91 Å². The molecule has 1 saturated heterocycles. The van der Waals surface area contributed by atoms with Crippen molar-refractivity contribution in [2.45, 2.75) is 80.6 Å². The summed E-state index contributed by atoms with van der Waals surface area (Å²) in [7, 11) is 0. The van der Waals surface area contributed by atoms with Gasteiger partial charge in [0.15, 0.2) is 0 Å². The Bertz CT molecular complexity index is 882. The van der Waals surface area contributed by atoms with E-state index in [1.165, 1.54) is 18.4 Å². The van der Waals surface area contributed by atoms with Crippen LogP contribution in [0.1, 0.15) is 56.1 Å². The molecule has 162 valence electrons. The van der Waals surface area contributed by atoms with Gasteiger partial charge in [0.1, 0.15) is 5.75 Å². The average molecular weight is 413 g/mol. The van der Waals surface area contributed by atoms with Gasteiger partial charge in [0.2, 0.25) is 5.91 Å². The van der Waals surface area contributed by atoms with Crippen LogP contribution < -0.4 is 5.32 Å². The van der Waals surface area contributed by atoms with E-state index in [-0.39, 0.29) is 23.6 Å². The molecule has 4 N–H and O–H groups in total. The summed E-state index contributed by atoms with van der Waals surface area (Å²) >= 11 is 0. The highest BCUT2D eigenvalue weighted by Crippen LogP contribution is 2.59. The first-order valence-electron chi connectivity index (χ1n) is 11.7. The number of hydrogen-bond donors (Lipinski definition) is 4. The molecule has 1 aromatic rings. The zero-order valence-electron chi connectivity index (χ0n) is 17.4. The van der Waals surface area contributed by atoms with Crippen molar-refractivity contribution in [3.05, 3.63) is 29.3 Å². The number of phenolic OH excluding ortho intramolecular Hbond substituents is 1. The Hall–Kier alpha value is -1.63. The molecule has 0 aromatic heterocycles. The quantitative estimate of drug-likeness (QED) is 0.601. The first-order chi connectivity index (χ1) is 14.4. The third-order valence-corrected chi connectivity index (χ3v) is 8.69. The summed E-state index contributed by atoms with van der Waals surface area (Å²) in [5, 5.41) is 36.8. The van der Waals surface area contributed by atoms with E-state index in [2.05, 4.69) is 10.2 Å². The van der Waals surface area contributed by atoms with E-state index in [9.17, 15) is 20.1 Å². The first-order valence-corrected chi connectivity index (χ1v) is 11.7. The SMILES string of the molecule is O=C(N[C@H]1C[C@@]2(O)[C@H]3Cc4ccc(O)cc4[C@@]2(CCN3CC2CC2)C[C@H]1O)C1CC1. The molecule has 0 spiro atoms. The lowest BCUT2D eigenvalue weighted by atomic mass is 9.48. The molecule has 1 heterocycles. The number of likely N-dealkylation sites (tertiary alicyclic amines) is 1. The summed E-state index contributed by atoms with van der Waals surface area (Å²) in [4.78, 5) is 14.9. The zero-order chi connectivity index (χ0) is 20.7. The average Bonchev–Trinajstić information content (AvgIpc) is 3.60. The van der Waals surface area contributed by atoms with Gasteiger partial charge in [-0.15, -0.1) is 0 Å². The number of aromatic hydroxyl groups is 1. The van der Waals surface area contributed by atoms with Gasteiger partial charge in [-0.1, -0.05) is 6.07 Å². The summed E-state index contributed by atoms with van der Waals surface area (Å²) in [5.41, 5.74) is 0.570. The largest absolute Gasteiger partial charge is 0.508 e. The Labute approximate surface area is 177 Å². The number of piperidine rings is 1. The molecule has 1 amide bonds. The lowest BCUT2D eigenvalue weighted by Gasteiger charge is -2.65.